The van der Waals surface area contributed by atoms with Crippen LogP contribution < -0.4 is 0 Å². The molecule has 1 atom stereocenters. The average Bonchev–Trinajstić information content (AvgIpc) is 2.52. The molecule has 1 unspecified atom stereocenters. The van der Waals surface area contributed by atoms with Crippen LogP contribution in [-0.4, -0.2) is 29.3 Å². The molecule has 0 fully saturated rings. The van der Waals surface area contributed by atoms with Crippen molar-refractivity contribution in [2.75, 3.05) is 7.11 Å². The third kappa shape index (κ3) is 3.44. The maximum Gasteiger partial charge on any atom is 0.337 e. The van der Waals surface area contributed by atoms with Crippen LogP contribution in [0.15, 0.2) is 42.5 Å². The predicted octanol–water partition coefficient (Wildman–Crippen LogP) is 2.91. The van der Waals surface area contributed by atoms with Crippen LogP contribution in [0.2, 0.25) is 5.02 Å². The number of esters is 1. The van der Waals surface area contributed by atoms with Gasteiger partial charge in [-0.1, -0.05) is 23.7 Å². The van der Waals surface area contributed by atoms with E-state index in [0.29, 0.717) is 10.6 Å². The molecule has 0 amide bonds. The first-order chi connectivity index (χ1) is 10.4. The van der Waals surface area contributed by atoms with Crippen LogP contribution in [0, 0.1) is 0 Å². The van der Waals surface area contributed by atoms with Crippen LogP contribution in [0.1, 0.15) is 37.9 Å². The first-order valence-electron chi connectivity index (χ1n) is 6.32. The van der Waals surface area contributed by atoms with Gasteiger partial charge >= 0.3 is 11.9 Å². The van der Waals surface area contributed by atoms with Crippen molar-refractivity contribution in [3.05, 3.63) is 69.7 Å². The second kappa shape index (κ2) is 6.60. The zero-order chi connectivity index (χ0) is 16.3. The number of halogens is 1. The molecule has 0 aliphatic heterocycles. The summed E-state index contributed by atoms with van der Waals surface area (Å²) in [4.78, 5) is 22.8. The van der Waals surface area contributed by atoms with Gasteiger partial charge < -0.3 is 14.9 Å². The quantitative estimate of drug-likeness (QED) is 0.846. The Hall–Kier alpha value is -2.37. The molecule has 22 heavy (non-hydrogen) atoms. The van der Waals surface area contributed by atoms with Gasteiger partial charge in [0.15, 0.2) is 0 Å². The largest absolute Gasteiger partial charge is 0.478 e. The molecule has 5 nitrogen and oxygen atoms in total. The number of carbonyl (C=O) groups is 2. The summed E-state index contributed by atoms with van der Waals surface area (Å²) in [6, 6.07) is 10.4. The van der Waals surface area contributed by atoms with Gasteiger partial charge in [0, 0.05) is 5.02 Å². The van der Waals surface area contributed by atoms with E-state index in [1.807, 2.05) is 0 Å². The second-order valence-corrected chi connectivity index (χ2v) is 5.03. The maximum absolute atomic E-state index is 11.6. The second-order valence-electron chi connectivity index (χ2n) is 4.60. The van der Waals surface area contributed by atoms with Gasteiger partial charge in [0.05, 0.1) is 18.2 Å². The lowest BCUT2D eigenvalue weighted by Crippen LogP contribution is -2.09. The number of carbonyl (C=O) groups excluding carboxylic acids is 1. The normalized spacial score (nSPS) is 11.8. The number of aliphatic hydroxyl groups excluding tert-OH is 1. The number of rotatable bonds is 4. The molecule has 114 valence electrons. The average molecular weight is 321 g/mol. The van der Waals surface area contributed by atoms with Gasteiger partial charge in [-0.2, -0.15) is 0 Å². The minimum absolute atomic E-state index is 0.0541. The maximum atomic E-state index is 11.6. The molecule has 6 heteroatoms. The number of carboxylic acid groups (broad SMARTS) is 1. The van der Waals surface area contributed by atoms with Crippen molar-refractivity contribution >= 4 is 23.5 Å². The standard InChI is InChI=1S/C16H13ClO5/c1-22-16(21)12-6-10(5-11(7-12)15(19)20)14(18)9-3-2-4-13(17)8-9/h2-8,14,18H,1H3,(H,19,20). The van der Waals surface area contributed by atoms with Crippen molar-refractivity contribution in [2.24, 2.45) is 0 Å². The minimum Gasteiger partial charge on any atom is -0.478 e. The van der Waals surface area contributed by atoms with Crippen LogP contribution in [0.3, 0.4) is 0 Å². The molecule has 2 rings (SSSR count). The number of hydrogen-bond donors (Lipinski definition) is 2. The highest BCUT2D eigenvalue weighted by molar-refractivity contribution is 6.30. The molecule has 0 aliphatic carbocycles. The molecule has 2 N–H and O–H groups in total. The van der Waals surface area contributed by atoms with Gasteiger partial charge in [-0.25, -0.2) is 9.59 Å². The fourth-order valence-corrected chi connectivity index (χ4v) is 2.24. The molecule has 2 aromatic rings. The first-order valence-corrected chi connectivity index (χ1v) is 6.70. The third-order valence-electron chi connectivity index (χ3n) is 3.10. The summed E-state index contributed by atoms with van der Waals surface area (Å²) in [6.07, 6.45) is -1.11. The Kier molecular flexibility index (Phi) is 4.80. The number of ether oxygens (including phenoxy) is 1. The fraction of sp³-hybridized carbons (Fsp3) is 0.125. The zero-order valence-electron chi connectivity index (χ0n) is 11.6. The first kappa shape index (κ1) is 16.0. The summed E-state index contributed by atoms with van der Waals surface area (Å²) in [5.41, 5.74) is 0.700. The van der Waals surface area contributed by atoms with Crippen molar-refractivity contribution in [3.8, 4) is 0 Å². The fourth-order valence-electron chi connectivity index (χ4n) is 2.04. The summed E-state index contributed by atoms with van der Waals surface area (Å²) in [5.74, 6) is -1.88. The van der Waals surface area contributed by atoms with E-state index in [9.17, 15) is 14.7 Å². The van der Waals surface area contributed by atoms with Gasteiger partial charge in [-0.3, -0.25) is 0 Å². The van der Waals surface area contributed by atoms with E-state index < -0.39 is 18.0 Å². The topological polar surface area (TPSA) is 83.8 Å². The van der Waals surface area contributed by atoms with Crippen LogP contribution in [0.5, 0.6) is 0 Å². The highest BCUT2D eigenvalue weighted by atomic mass is 35.5. The number of aromatic carboxylic acids is 1. The minimum atomic E-state index is -1.20. The van der Waals surface area contributed by atoms with Gasteiger partial charge in [0.1, 0.15) is 6.10 Å². The Morgan fingerprint density at radius 3 is 2.36 bits per heavy atom. The van der Waals surface area contributed by atoms with Crippen molar-refractivity contribution in [1.82, 2.24) is 0 Å². The van der Waals surface area contributed by atoms with Gasteiger partial charge in [0.2, 0.25) is 0 Å². The monoisotopic (exact) mass is 320 g/mol. The smallest absolute Gasteiger partial charge is 0.337 e. The molecular formula is C16H13ClO5. The van der Waals surface area contributed by atoms with E-state index in [-0.39, 0.29) is 16.7 Å². The van der Waals surface area contributed by atoms with Crippen LogP contribution in [0.25, 0.3) is 0 Å². The molecule has 0 saturated heterocycles. The number of benzene rings is 2. The Bertz CT molecular complexity index is 726. The van der Waals surface area contributed by atoms with E-state index in [1.54, 1.807) is 24.3 Å². The van der Waals surface area contributed by atoms with E-state index in [2.05, 4.69) is 4.74 Å². The highest BCUT2D eigenvalue weighted by Crippen LogP contribution is 2.26. The summed E-state index contributed by atoms with van der Waals surface area (Å²) < 4.78 is 4.60. The molecule has 0 radical (unpaired) electrons. The summed E-state index contributed by atoms with van der Waals surface area (Å²) in [5, 5.41) is 20.0. The van der Waals surface area contributed by atoms with Crippen molar-refractivity contribution < 1.29 is 24.5 Å². The summed E-state index contributed by atoms with van der Waals surface area (Å²) in [6.45, 7) is 0. The molecular weight excluding hydrogens is 308 g/mol. The number of methoxy groups -OCH3 is 1. The van der Waals surface area contributed by atoms with Gasteiger partial charge in [0.25, 0.3) is 0 Å². The molecule has 0 aromatic heterocycles. The van der Waals surface area contributed by atoms with E-state index in [1.165, 1.54) is 25.3 Å². The molecule has 0 bridgehead atoms. The lowest BCUT2D eigenvalue weighted by Gasteiger charge is -2.14. The van der Waals surface area contributed by atoms with Crippen LogP contribution in [0.4, 0.5) is 0 Å². The Balaban J connectivity index is 2.51. The number of hydrogen-bond acceptors (Lipinski definition) is 4. The molecule has 0 saturated carbocycles. The van der Waals surface area contributed by atoms with Crippen LogP contribution in [-0.2, 0) is 4.74 Å². The lowest BCUT2D eigenvalue weighted by molar-refractivity contribution is 0.0600. The summed E-state index contributed by atoms with van der Waals surface area (Å²) in [7, 11) is 1.20. The molecule has 0 aliphatic rings. The summed E-state index contributed by atoms with van der Waals surface area (Å²) >= 11 is 5.88. The van der Waals surface area contributed by atoms with E-state index >= 15 is 0 Å². The lowest BCUT2D eigenvalue weighted by atomic mass is 9.97. The molecule has 0 spiro atoms. The molecule has 0 heterocycles. The van der Waals surface area contributed by atoms with E-state index in [0.717, 1.165) is 0 Å². The Morgan fingerprint density at radius 1 is 1.09 bits per heavy atom. The third-order valence-corrected chi connectivity index (χ3v) is 3.34. The number of carboxylic acids is 1. The van der Waals surface area contributed by atoms with Crippen molar-refractivity contribution in [1.29, 1.82) is 0 Å². The van der Waals surface area contributed by atoms with Crippen molar-refractivity contribution in [3.63, 3.8) is 0 Å². The Morgan fingerprint density at radius 2 is 1.77 bits per heavy atom. The van der Waals surface area contributed by atoms with Gasteiger partial charge in [-0.05, 0) is 41.5 Å². The van der Waals surface area contributed by atoms with Gasteiger partial charge in [-0.15, -0.1) is 0 Å². The van der Waals surface area contributed by atoms with Crippen molar-refractivity contribution in [2.45, 2.75) is 6.10 Å². The highest BCUT2D eigenvalue weighted by Gasteiger charge is 2.18. The van der Waals surface area contributed by atoms with E-state index in [4.69, 9.17) is 16.7 Å². The molecule has 2 aromatic carbocycles. The van der Waals surface area contributed by atoms with Crippen LogP contribution >= 0.6 is 11.6 Å². The SMILES string of the molecule is COC(=O)c1cc(C(=O)O)cc(C(O)c2cccc(Cl)c2)c1. The Labute approximate surface area is 131 Å². The predicted molar refractivity (Wildman–Crippen MR) is 80.3 cm³/mol. The number of aliphatic hydroxyl groups is 1. The zero-order valence-corrected chi connectivity index (χ0v) is 12.4.